The van der Waals surface area contributed by atoms with Gasteiger partial charge in [-0.25, -0.2) is 5.10 Å². The molecule has 20 heavy (non-hydrogen) atoms. The Balaban J connectivity index is 1.84. The molecule has 1 fully saturated rings. The Morgan fingerprint density at radius 3 is 2.75 bits per heavy atom. The molecule has 2 amide bonds. The number of aromatic nitrogens is 3. The largest absolute Gasteiger partial charge is 0.463 e. The molecule has 0 radical (unpaired) electrons. The summed E-state index contributed by atoms with van der Waals surface area (Å²) >= 11 is 0. The first-order chi connectivity index (χ1) is 9.60. The maximum Gasteiger partial charge on any atom is 0.337 e. The number of hydrogen-bond acceptors (Lipinski definition) is 5. The van der Waals surface area contributed by atoms with Gasteiger partial charge in [0.25, 0.3) is 0 Å². The van der Waals surface area contributed by atoms with Gasteiger partial charge in [0.05, 0.1) is 6.61 Å². The Morgan fingerprint density at radius 1 is 1.45 bits per heavy atom. The Labute approximate surface area is 116 Å². The first kappa shape index (κ1) is 14.3. The molecule has 1 aliphatic heterocycles. The van der Waals surface area contributed by atoms with Gasteiger partial charge in [-0.05, 0) is 19.8 Å². The summed E-state index contributed by atoms with van der Waals surface area (Å²) in [6.45, 7) is 5.08. The summed E-state index contributed by atoms with van der Waals surface area (Å²) in [6.07, 6.45) is 1.33. The minimum Gasteiger partial charge on any atom is -0.463 e. The Bertz CT molecular complexity index is 479. The van der Waals surface area contributed by atoms with E-state index in [1.807, 2.05) is 6.92 Å². The first-order valence-electron chi connectivity index (χ1n) is 6.71. The molecule has 0 atom stereocenters. The van der Waals surface area contributed by atoms with E-state index in [-0.39, 0.29) is 29.7 Å². The smallest absolute Gasteiger partial charge is 0.337 e. The van der Waals surface area contributed by atoms with Gasteiger partial charge in [-0.2, -0.15) is 4.98 Å². The van der Waals surface area contributed by atoms with Crippen molar-refractivity contribution in [2.45, 2.75) is 26.7 Å². The van der Waals surface area contributed by atoms with E-state index in [0.717, 1.165) is 0 Å². The van der Waals surface area contributed by atoms with Gasteiger partial charge in [-0.3, -0.25) is 14.9 Å². The van der Waals surface area contributed by atoms with Gasteiger partial charge in [0, 0.05) is 25.9 Å². The molecule has 1 aromatic rings. The lowest BCUT2D eigenvalue weighted by molar-refractivity contribution is -0.132. The van der Waals surface area contributed by atoms with Crippen LogP contribution in [0.3, 0.4) is 0 Å². The molecule has 0 saturated carbocycles. The lowest BCUT2D eigenvalue weighted by Crippen LogP contribution is -2.40. The number of rotatable bonds is 4. The predicted molar refractivity (Wildman–Crippen MR) is 71.2 cm³/mol. The van der Waals surface area contributed by atoms with Crippen LogP contribution in [-0.4, -0.2) is 51.6 Å². The van der Waals surface area contributed by atoms with Crippen molar-refractivity contribution in [1.82, 2.24) is 20.1 Å². The molecule has 8 heteroatoms. The van der Waals surface area contributed by atoms with Crippen LogP contribution in [-0.2, 0) is 9.59 Å². The predicted octanol–water partition coefficient (Wildman–Crippen LogP) is 0.400. The molecule has 2 heterocycles. The lowest BCUT2D eigenvalue weighted by atomic mass is 9.96. The van der Waals surface area contributed by atoms with Crippen LogP contribution in [0.4, 0.5) is 5.95 Å². The van der Waals surface area contributed by atoms with E-state index in [1.165, 1.54) is 0 Å². The summed E-state index contributed by atoms with van der Waals surface area (Å²) in [7, 11) is 0. The number of ether oxygens (including phenoxy) is 1. The molecule has 0 aliphatic carbocycles. The fourth-order valence-corrected chi connectivity index (χ4v) is 2.17. The van der Waals surface area contributed by atoms with E-state index in [9.17, 15) is 9.59 Å². The number of nitrogens with one attached hydrogen (secondary N) is 2. The van der Waals surface area contributed by atoms with Crippen molar-refractivity contribution in [2.75, 3.05) is 25.0 Å². The molecule has 1 saturated heterocycles. The fraction of sp³-hybridized carbons (Fsp3) is 0.667. The summed E-state index contributed by atoms with van der Waals surface area (Å²) in [5, 5.41) is 9.10. The van der Waals surface area contributed by atoms with Gasteiger partial charge in [0.2, 0.25) is 17.8 Å². The minimum atomic E-state index is -0.105. The molecule has 8 nitrogen and oxygen atoms in total. The number of carbonyl (C=O) groups excluding carboxylic acids is 2. The van der Waals surface area contributed by atoms with Crippen molar-refractivity contribution < 1.29 is 14.3 Å². The summed E-state index contributed by atoms with van der Waals surface area (Å²) in [6, 6.07) is 0.217. The van der Waals surface area contributed by atoms with Crippen molar-refractivity contribution in [3.05, 3.63) is 0 Å². The Morgan fingerprint density at radius 2 is 2.15 bits per heavy atom. The SMILES string of the molecule is CCOc1n[nH]c(NC(=O)C2CCN(C(C)=O)CC2)n1. The van der Waals surface area contributed by atoms with Gasteiger partial charge in [0.15, 0.2) is 0 Å². The topological polar surface area (TPSA) is 100 Å². The van der Waals surface area contributed by atoms with Crippen LogP contribution in [0.25, 0.3) is 0 Å². The van der Waals surface area contributed by atoms with Crippen LogP contribution >= 0.6 is 0 Å². The van der Waals surface area contributed by atoms with E-state index >= 15 is 0 Å². The normalized spacial score (nSPS) is 16.0. The van der Waals surface area contributed by atoms with Crippen LogP contribution in [0, 0.1) is 5.92 Å². The summed E-state index contributed by atoms with van der Waals surface area (Å²) in [5.41, 5.74) is 0. The van der Waals surface area contributed by atoms with Crippen molar-refractivity contribution in [3.8, 4) is 6.01 Å². The molecule has 110 valence electrons. The second-order valence-corrected chi connectivity index (χ2v) is 4.67. The monoisotopic (exact) mass is 281 g/mol. The molecule has 1 aromatic heterocycles. The number of piperidine rings is 1. The molecular weight excluding hydrogens is 262 g/mol. The highest BCUT2D eigenvalue weighted by molar-refractivity contribution is 5.91. The highest BCUT2D eigenvalue weighted by Gasteiger charge is 2.26. The number of nitrogens with zero attached hydrogens (tertiary/aromatic N) is 3. The number of H-pyrrole nitrogens is 1. The zero-order chi connectivity index (χ0) is 14.5. The highest BCUT2D eigenvalue weighted by atomic mass is 16.5. The maximum absolute atomic E-state index is 12.1. The molecule has 0 aromatic carbocycles. The van der Waals surface area contributed by atoms with Crippen molar-refractivity contribution in [1.29, 1.82) is 0 Å². The van der Waals surface area contributed by atoms with Crippen molar-refractivity contribution in [2.24, 2.45) is 5.92 Å². The Kier molecular flexibility index (Phi) is 4.54. The zero-order valence-corrected chi connectivity index (χ0v) is 11.7. The molecular formula is C12H19N5O3. The number of carbonyl (C=O) groups is 2. The van der Waals surface area contributed by atoms with E-state index < -0.39 is 0 Å². The van der Waals surface area contributed by atoms with Gasteiger partial charge >= 0.3 is 6.01 Å². The third-order valence-corrected chi connectivity index (χ3v) is 3.29. The number of aromatic amines is 1. The van der Waals surface area contributed by atoms with Gasteiger partial charge < -0.3 is 9.64 Å². The average molecular weight is 281 g/mol. The van der Waals surface area contributed by atoms with Crippen LogP contribution in [0.5, 0.6) is 6.01 Å². The van der Waals surface area contributed by atoms with E-state index in [4.69, 9.17) is 4.74 Å². The minimum absolute atomic E-state index is 0.0560. The third kappa shape index (κ3) is 3.46. The van der Waals surface area contributed by atoms with Gasteiger partial charge in [-0.1, -0.05) is 0 Å². The first-order valence-corrected chi connectivity index (χ1v) is 6.71. The number of amides is 2. The number of anilines is 1. The molecule has 0 spiro atoms. The third-order valence-electron chi connectivity index (χ3n) is 3.29. The van der Waals surface area contributed by atoms with Crippen LogP contribution in [0.15, 0.2) is 0 Å². The molecule has 1 aliphatic rings. The average Bonchev–Trinajstić information content (AvgIpc) is 2.86. The van der Waals surface area contributed by atoms with E-state index in [0.29, 0.717) is 32.5 Å². The van der Waals surface area contributed by atoms with Crippen LogP contribution in [0.1, 0.15) is 26.7 Å². The van der Waals surface area contributed by atoms with Crippen LogP contribution < -0.4 is 10.1 Å². The van der Waals surface area contributed by atoms with E-state index in [1.54, 1.807) is 11.8 Å². The summed E-state index contributed by atoms with van der Waals surface area (Å²) in [5.74, 6) is 0.131. The standard InChI is InChI=1S/C12H19N5O3/c1-3-20-12-14-11(15-16-12)13-10(19)9-4-6-17(7-5-9)8(2)18/h9H,3-7H2,1-2H3,(H2,13,14,15,16,19). The van der Waals surface area contributed by atoms with E-state index in [2.05, 4.69) is 20.5 Å². The molecule has 2 rings (SSSR count). The second-order valence-electron chi connectivity index (χ2n) is 4.67. The maximum atomic E-state index is 12.1. The summed E-state index contributed by atoms with van der Waals surface area (Å²) in [4.78, 5) is 29.0. The zero-order valence-electron chi connectivity index (χ0n) is 11.7. The Hall–Kier alpha value is -2.12. The van der Waals surface area contributed by atoms with Crippen LogP contribution in [0.2, 0.25) is 0 Å². The van der Waals surface area contributed by atoms with Gasteiger partial charge in [0.1, 0.15) is 0 Å². The molecule has 2 N–H and O–H groups in total. The molecule has 0 bridgehead atoms. The number of hydrogen-bond donors (Lipinski definition) is 2. The summed E-state index contributed by atoms with van der Waals surface area (Å²) < 4.78 is 5.11. The fourth-order valence-electron chi connectivity index (χ4n) is 2.17. The number of likely N-dealkylation sites (tertiary alicyclic amines) is 1. The molecule has 0 unspecified atom stereocenters. The van der Waals surface area contributed by atoms with Gasteiger partial charge in [-0.15, -0.1) is 5.10 Å². The lowest BCUT2D eigenvalue weighted by Gasteiger charge is -2.30. The second kappa shape index (κ2) is 6.36. The quantitative estimate of drug-likeness (QED) is 0.832. The van der Waals surface area contributed by atoms with Crippen molar-refractivity contribution in [3.63, 3.8) is 0 Å². The van der Waals surface area contributed by atoms with Crippen molar-refractivity contribution >= 4 is 17.8 Å². The highest BCUT2D eigenvalue weighted by Crippen LogP contribution is 2.19.